The van der Waals surface area contributed by atoms with Crippen molar-refractivity contribution < 1.29 is 45.9 Å². The summed E-state index contributed by atoms with van der Waals surface area (Å²) in [6, 6.07) is 6.01. The molecule has 2 atom stereocenters. The smallest absolute Gasteiger partial charge is 0.490 e. The highest BCUT2D eigenvalue weighted by molar-refractivity contribution is 7.92. The zero-order valence-electron chi connectivity index (χ0n) is 21.0. The van der Waals surface area contributed by atoms with Crippen molar-refractivity contribution >= 4 is 33.5 Å². The van der Waals surface area contributed by atoms with Gasteiger partial charge in [-0.15, -0.1) is 0 Å². The molecule has 14 nitrogen and oxygen atoms in total. The number of carboxylic acid groups (broad SMARTS) is 1. The number of rotatable bonds is 9. The highest BCUT2D eigenvalue weighted by Crippen LogP contribution is 2.26. The molecule has 0 aliphatic carbocycles. The predicted octanol–water partition coefficient (Wildman–Crippen LogP) is 0.528. The first kappa shape index (κ1) is 32.5. The standard InChI is InChI=1S/C19H26N6O6S.C2HF3O2/c1-10-5-8-14(30-4)15(9-10)32(28,29)24-13-7-6-11(2)25(18(13)27)16(17(20)26)12(3)31-23-19(21)22;3-2(4,5)1(6)7/h5-9,12,16,24H,1-4H3,(H2,20,26)(H4,21,22,23);(H,6,7). The van der Waals surface area contributed by atoms with Gasteiger partial charge in [0.2, 0.25) is 11.9 Å². The fourth-order valence-electron chi connectivity index (χ4n) is 3.03. The first-order valence-corrected chi connectivity index (χ1v) is 12.1. The maximum atomic E-state index is 13.2. The number of sulfonamides is 1. The molecule has 0 bridgehead atoms. The lowest BCUT2D eigenvalue weighted by molar-refractivity contribution is -0.192. The van der Waals surface area contributed by atoms with Crippen molar-refractivity contribution in [3.63, 3.8) is 0 Å². The number of hydrogen-bond acceptors (Lipinski definition) is 8. The van der Waals surface area contributed by atoms with Gasteiger partial charge in [-0.1, -0.05) is 6.07 Å². The molecule has 1 aromatic carbocycles. The van der Waals surface area contributed by atoms with Gasteiger partial charge in [-0.2, -0.15) is 13.2 Å². The second-order valence-electron chi connectivity index (χ2n) is 7.80. The number of hydrogen-bond donors (Lipinski definition) is 5. The molecule has 1 aromatic heterocycles. The number of halogens is 3. The van der Waals surface area contributed by atoms with Crippen molar-refractivity contribution in [1.29, 1.82) is 0 Å². The number of carbonyl (C=O) groups is 2. The van der Waals surface area contributed by atoms with Crippen LogP contribution in [-0.4, -0.2) is 55.3 Å². The van der Waals surface area contributed by atoms with Crippen LogP contribution in [0.2, 0.25) is 0 Å². The first-order valence-electron chi connectivity index (χ1n) is 10.6. The molecule has 0 saturated heterocycles. The third kappa shape index (κ3) is 8.80. The summed E-state index contributed by atoms with van der Waals surface area (Å²) >= 11 is 0. The summed E-state index contributed by atoms with van der Waals surface area (Å²) in [7, 11) is -2.88. The number of alkyl halides is 3. The molecule has 0 fully saturated rings. The van der Waals surface area contributed by atoms with Crippen LogP contribution >= 0.6 is 0 Å². The lowest BCUT2D eigenvalue weighted by Gasteiger charge is -2.24. The van der Waals surface area contributed by atoms with Gasteiger partial charge in [0.1, 0.15) is 16.3 Å². The van der Waals surface area contributed by atoms with Crippen molar-refractivity contribution in [2.45, 2.75) is 44.0 Å². The SMILES string of the molecule is COc1ccc(C)cc1S(=O)(=O)Nc1ccc(C)n(C(C(N)=O)C(C)ON=C(N)N)c1=O.O=C(O)C(F)(F)F. The van der Waals surface area contributed by atoms with Crippen molar-refractivity contribution in [1.82, 2.24) is 4.57 Å². The number of nitrogens with one attached hydrogen (secondary N) is 1. The zero-order valence-corrected chi connectivity index (χ0v) is 21.8. The molecule has 0 radical (unpaired) electrons. The summed E-state index contributed by atoms with van der Waals surface area (Å²) in [5.41, 5.74) is 15.8. The minimum Gasteiger partial charge on any atom is -0.495 e. The van der Waals surface area contributed by atoms with Crippen LogP contribution in [0, 0.1) is 13.8 Å². The van der Waals surface area contributed by atoms with Crippen LogP contribution in [0.5, 0.6) is 5.75 Å². The number of benzene rings is 1. The number of anilines is 1. The summed E-state index contributed by atoms with van der Waals surface area (Å²) in [4.78, 5) is 39.1. The number of carbonyl (C=O) groups excluding carboxylic acids is 1. The Kier molecular flexibility index (Phi) is 10.7. The van der Waals surface area contributed by atoms with E-state index in [1.54, 1.807) is 19.9 Å². The fourth-order valence-corrected chi connectivity index (χ4v) is 4.34. The third-order valence-electron chi connectivity index (χ3n) is 4.75. The normalized spacial score (nSPS) is 12.7. The number of aryl methyl sites for hydroxylation is 2. The van der Waals surface area contributed by atoms with Crippen LogP contribution in [-0.2, 0) is 24.4 Å². The minimum absolute atomic E-state index is 0.102. The van der Waals surface area contributed by atoms with Gasteiger partial charge in [-0.3, -0.25) is 18.9 Å². The molecule has 8 N–H and O–H groups in total. The Labute approximate surface area is 220 Å². The van der Waals surface area contributed by atoms with E-state index in [1.165, 1.54) is 38.3 Å². The summed E-state index contributed by atoms with van der Waals surface area (Å²) in [6.07, 6.45) is -6.13. The molecule has 1 heterocycles. The van der Waals surface area contributed by atoms with Gasteiger partial charge in [0.05, 0.1) is 7.11 Å². The van der Waals surface area contributed by atoms with E-state index < -0.39 is 51.7 Å². The Bertz CT molecular complexity index is 1410. The average Bonchev–Trinajstić information content (AvgIpc) is 2.81. The van der Waals surface area contributed by atoms with Crippen LogP contribution in [0.1, 0.15) is 24.2 Å². The molecule has 2 aromatic rings. The maximum absolute atomic E-state index is 13.2. The Morgan fingerprint density at radius 3 is 2.15 bits per heavy atom. The van der Waals surface area contributed by atoms with E-state index in [2.05, 4.69) is 9.88 Å². The lowest BCUT2D eigenvalue weighted by Crippen LogP contribution is -2.42. The predicted molar refractivity (Wildman–Crippen MR) is 132 cm³/mol. The van der Waals surface area contributed by atoms with E-state index >= 15 is 0 Å². The molecular formula is C21H27F3N6O8S. The lowest BCUT2D eigenvalue weighted by atomic mass is 10.1. The molecule has 1 amide bonds. The number of carboxylic acids is 1. The summed E-state index contributed by atoms with van der Waals surface area (Å²) in [5, 5.41) is 10.5. The molecular weight excluding hydrogens is 553 g/mol. The molecule has 0 aliphatic heterocycles. The van der Waals surface area contributed by atoms with Crippen LogP contribution in [0.3, 0.4) is 0 Å². The molecule has 0 saturated carbocycles. The monoisotopic (exact) mass is 580 g/mol. The highest BCUT2D eigenvalue weighted by Gasteiger charge is 2.38. The molecule has 39 heavy (non-hydrogen) atoms. The second-order valence-corrected chi connectivity index (χ2v) is 9.45. The van der Waals surface area contributed by atoms with Crippen LogP contribution in [0.15, 0.2) is 45.2 Å². The van der Waals surface area contributed by atoms with Gasteiger partial charge in [0, 0.05) is 5.69 Å². The van der Waals surface area contributed by atoms with Crippen molar-refractivity contribution in [2.75, 3.05) is 11.8 Å². The average molecular weight is 581 g/mol. The first-order chi connectivity index (χ1) is 17.8. The summed E-state index contributed by atoms with van der Waals surface area (Å²) in [6.45, 7) is 4.70. The molecule has 2 unspecified atom stereocenters. The van der Waals surface area contributed by atoms with Crippen LogP contribution < -0.4 is 32.2 Å². The Morgan fingerprint density at radius 2 is 1.69 bits per heavy atom. The number of primary amides is 1. The zero-order chi connectivity index (χ0) is 30.3. The van der Waals surface area contributed by atoms with Gasteiger partial charge in [0.15, 0.2) is 12.1 Å². The Hall–Kier alpha value is -4.48. The Morgan fingerprint density at radius 1 is 1.13 bits per heavy atom. The number of methoxy groups -OCH3 is 1. The maximum Gasteiger partial charge on any atom is 0.490 e. The molecule has 2 rings (SSSR count). The van der Waals surface area contributed by atoms with E-state index in [0.29, 0.717) is 11.3 Å². The van der Waals surface area contributed by atoms with Crippen molar-refractivity contribution in [3.05, 3.63) is 51.9 Å². The number of pyridine rings is 1. The number of ether oxygens (including phenoxy) is 1. The molecule has 216 valence electrons. The fraction of sp³-hybridized carbons (Fsp3) is 0.333. The number of guanidine groups is 1. The highest BCUT2D eigenvalue weighted by atomic mass is 32.2. The molecule has 0 aliphatic rings. The van der Waals surface area contributed by atoms with Crippen LogP contribution in [0.4, 0.5) is 18.9 Å². The number of aromatic nitrogens is 1. The topological polar surface area (TPSA) is 231 Å². The van der Waals surface area contributed by atoms with Crippen molar-refractivity contribution in [3.8, 4) is 5.75 Å². The van der Waals surface area contributed by atoms with E-state index in [4.69, 9.17) is 36.7 Å². The second kappa shape index (κ2) is 12.9. The van der Waals surface area contributed by atoms with Gasteiger partial charge in [-0.25, -0.2) is 13.2 Å². The van der Waals surface area contributed by atoms with Gasteiger partial charge >= 0.3 is 12.1 Å². The number of amides is 1. The van der Waals surface area contributed by atoms with Gasteiger partial charge in [-0.05, 0) is 55.8 Å². The van der Waals surface area contributed by atoms with Crippen LogP contribution in [0.25, 0.3) is 0 Å². The quantitative estimate of drug-likeness (QED) is 0.157. The Balaban J connectivity index is 0.000000956. The summed E-state index contributed by atoms with van der Waals surface area (Å²) in [5.74, 6) is -3.95. The van der Waals surface area contributed by atoms with E-state index in [1.807, 2.05) is 0 Å². The summed E-state index contributed by atoms with van der Waals surface area (Å²) < 4.78 is 66.1. The molecule has 0 spiro atoms. The van der Waals surface area contributed by atoms with E-state index in [-0.39, 0.29) is 16.3 Å². The molecule has 18 heteroatoms. The number of aliphatic carboxylic acids is 1. The minimum atomic E-state index is -5.08. The van der Waals surface area contributed by atoms with E-state index in [9.17, 15) is 31.2 Å². The largest absolute Gasteiger partial charge is 0.495 e. The number of nitrogens with two attached hydrogens (primary N) is 3. The van der Waals surface area contributed by atoms with Gasteiger partial charge in [0.25, 0.3) is 15.6 Å². The van der Waals surface area contributed by atoms with E-state index in [0.717, 1.165) is 4.57 Å². The van der Waals surface area contributed by atoms with Gasteiger partial charge < -0.3 is 31.9 Å². The third-order valence-corrected chi connectivity index (χ3v) is 6.14. The number of nitrogens with zero attached hydrogens (tertiary/aromatic N) is 2. The number of oxime groups is 1. The van der Waals surface area contributed by atoms with Crippen molar-refractivity contribution in [2.24, 2.45) is 22.4 Å².